The second-order valence-electron chi connectivity index (χ2n) is 3.60. The Morgan fingerprint density at radius 2 is 1.73 bits per heavy atom. The highest BCUT2D eigenvalue weighted by atomic mass is 15.1. The summed E-state index contributed by atoms with van der Waals surface area (Å²) >= 11 is 0. The molecule has 0 spiro atoms. The number of nitrogens with zero attached hydrogens (tertiary/aromatic N) is 2. The van der Waals surface area contributed by atoms with Gasteiger partial charge in [0.2, 0.25) is 0 Å². The highest BCUT2D eigenvalue weighted by Crippen LogP contribution is 2.25. The van der Waals surface area contributed by atoms with Crippen LogP contribution >= 0.6 is 0 Å². The normalized spacial score (nSPS) is 31.8. The Morgan fingerprint density at radius 1 is 1.18 bits per heavy atom. The van der Waals surface area contributed by atoms with E-state index in [0.717, 1.165) is 18.9 Å². The van der Waals surface area contributed by atoms with Gasteiger partial charge in [-0.2, -0.15) is 5.26 Å². The van der Waals surface area contributed by atoms with E-state index in [2.05, 4.69) is 25.1 Å². The van der Waals surface area contributed by atoms with Gasteiger partial charge in [-0.1, -0.05) is 0 Å². The van der Waals surface area contributed by atoms with Crippen LogP contribution in [0.25, 0.3) is 0 Å². The highest BCUT2D eigenvalue weighted by molar-refractivity contribution is 4.88. The van der Waals surface area contributed by atoms with Crippen molar-refractivity contribution in [2.45, 2.75) is 31.7 Å². The van der Waals surface area contributed by atoms with Crippen molar-refractivity contribution in [1.29, 1.82) is 5.26 Å². The summed E-state index contributed by atoms with van der Waals surface area (Å²) in [6.45, 7) is 0. The Morgan fingerprint density at radius 3 is 2.09 bits per heavy atom. The van der Waals surface area contributed by atoms with Crippen molar-refractivity contribution in [3.63, 3.8) is 0 Å². The van der Waals surface area contributed by atoms with Crippen LogP contribution in [0.5, 0.6) is 0 Å². The summed E-state index contributed by atoms with van der Waals surface area (Å²) in [7, 11) is 4.24. The fourth-order valence-electron chi connectivity index (χ4n) is 1.72. The van der Waals surface area contributed by atoms with Crippen molar-refractivity contribution < 1.29 is 0 Å². The number of hydrogen-bond donors (Lipinski definition) is 0. The predicted molar refractivity (Wildman–Crippen MR) is 45.0 cm³/mol. The van der Waals surface area contributed by atoms with Crippen LogP contribution in [0, 0.1) is 17.2 Å². The molecule has 0 aliphatic heterocycles. The van der Waals surface area contributed by atoms with E-state index in [4.69, 9.17) is 5.26 Å². The maximum absolute atomic E-state index is 8.65. The van der Waals surface area contributed by atoms with Gasteiger partial charge in [0.15, 0.2) is 0 Å². The summed E-state index contributed by atoms with van der Waals surface area (Å²) in [6, 6.07) is 3.07. The average molecular weight is 152 g/mol. The van der Waals surface area contributed by atoms with Crippen molar-refractivity contribution >= 4 is 0 Å². The molecular formula is C9H16N2. The van der Waals surface area contributed by atoms with Crippen LogP contribution in [-0.4, -0.2) is 25.0 Å². The zero-order chi connectivity index (χ0) is 8.27. The van der Waals surface area contributed by atoms with E-state index in [1.165, 1.54) is 12.8 Å². The van der Waals surface area contributed by atoms with E-state index in [1.54, 1.807) is 0 Å². The summed E-state index contributed by atoms with van der Waals surface area (Å²) in [4.78, 5) is 2.27. The van der Waals surface area contributed by atoms with Gasteiger partial charge in [-0.05, 0) is 39.8 Å². The number of rotatable bonds is 1. The van der Waals surface area contributed by atoms with Crippen molar-refractivity contribution in [2.75, 3.05) is 14.1 Å². The minimum absolute atomic E-state index is 0.339. The molecule has 1 aliphatic rings. The van der Waals surface area contributed by atoms with E-state index in [1.807, 2.05) is 0 Å². The Hall–Kier alpha value is -0.550. The Kier molecular flexibility index (Phi) is 2.90. The second-order valence-corrected chi connectivity index (χ2v) is 3.60. The standard InChI is InChI=1S/C9H16N2/c1-11(2)9-5-3-8(7-10)4-6-9/h8-9H,3-6H2,1-2H3. The molecule has 0 saturated heterocycles. The molecule has 1 rings (SSSR count). The lowest BCUT2D eigenvalue weighted by molar-refractivity contribution is 0.211. The molecule has 1 saturated carbocycles. The molecule has 11 heavy (non-hydrogen) atoms. The van der Waals surface area contributed by atoms with Crippen LogP contribution in [0.4, 0.5) is 0 Å². The lowest BCUT2D eigenvalue weighted by Gasteiger charge is -2.29. The summed E-state index contributed by atoms with van der Waals surface area (Å²) in [5, 5.41) is 8.65. The first-order valence-electron chi connectivity index (χ1n) is 4.30. The summed E-state index contributed by atoms with van der Waals surface area (Å²) < 4.78 is 0. The van der Waals surface area contributed by atoms with Gasteiger partial charge < -0.3 is 4.90 Å². The quantitative estimate of drug-likeness (QED) is 0.571. The zero-order valence-electron chi connectivity index (χ0n) is 7.38. The van der Waals surface area contributed by atoms with Crippen LogP contribution in [0.3, 0.4) is 0 Å². The van der Waals surface area contributed by atoms with Gasteiger partial charge in [-0.15, -0.1) is 0 Å². The Bertz CT molecular complexity index is 149. The average Bonchev–Trinajstić information content (AvgIpc) is 2.05. The molecular weight excluding hydrogens is 136 g/mol. The highest BCUT2D eigenvalue weighted by Gasteiger charge is 2.21. The predicted octanol–water partition coefficient (Wildman–Crippen LogP) is 1.63. The Balaban J connectivity index is 2.31. The third-order valence-corrected chi connectivity index (χ3v) is 2.61. The second kappa shape index (κ2) is 3.73. The largest absolute Gasteiger partial charge is 0.306 e. The molecule has 1 aliphatic carbocycles. The summed E-state index contributed by atoms with van der Waals surface area (Å²) in [5.41, 5.74) is 0. The van der Waals surface area contributed by atoms with Crippen molar-refractivity contribution in [3.8, 4) is 6.07 Å². The lowest BCUT2D eigenvalue weighted by Crippen LogP contribution is -2.31. The summed E-state index contributed by atoms with van der Waals surface area (Å²) in [5.74, 6) is 0.339. The third-order valence-electron chi connectivity index (χ3n) is 2.61. The molecule has 0 unspecified atom stereocenters. The van der Waals surface area contributed by atoms with E-state index in [9.17, 15) is 0 Å². The van der Waals surface area contributed by atoms with Gasteiger partial charge >= 0.3 is 0 Å². The zero-order valence-corrected chi connectivity index (χ0v) is 7.38. The maximum Gasteiger partial charge on any atom is 0.0655 e. The first-order chi connectivity index (χ1) is 5.24. The van der Waals surface area contributed by atoms with Crippen LogP contribution in [-0.2, 0) is 0 Å². The molecule has 2 nitrogen and oxygen atoms in total. The fraction of sp³-hybridized carbons (Fsp3) is 0.889. The van der Waals surface area contributed by atoms with Gasteiger partial charge in [-0.3, -0.25) is 0 Å². The molecule has 0 aromatic rings. The molecule has 0 aromatic heterocycles. The van der Waals surface area contributed by atoms with Crippen LogP contribution in [0.15, 0.2) is 0 Å². The Labute approximate surface area is 68.8 Å². The first-order valence-corrected chi connectivity index (χ1v) is 4.30. The number of hydrogen-bond acceptors (Lipinski definition) is 2. The van der Waals surface area contributed by atoms with E-state index in [0.29, 0.717) is 5.92 Å². The van der Waals surface area contributed by atoms with E-state index in [-0.39, 0.29) is 0 Å². The SMILES string of the molecule is CN(C)C1CCC(C#N)CC1. The van der Waals surface area contributed by atoms with Gasteiger partial charge in [-0.25, -0.2) is 0 Å². The monoisotopic (exact) mass is 152 g/mol. The molecule has 2 heteroatoms. The van der Waals surface area contributed by atoms with Crippen LogP contribution in [0.1, 0.15) is 25.7 Å². The fourth-order valence-corrected chi connectivity index (χ4v) is 1.72. The maximum atomic E-state index is 8.65. The topological polar surface area (TPSA) is 27.0 Å². The molecule has 0 radical (unpaired) electrons. The molecule has 62 valence electrons. The molecule has 0 bridgehead atoms. The van der Waals surface area contributed by atoms with Gasteiger partial charge in [0.05, 0.1) is 6.07 Å². The molecule has 0 N–H and O–H groups in total. The first kappa shape index (κ1) is 8.55. The van der Waals surface area contributed by atoms with Gasteiger partial charge in [0, 0.05) is 12.0 Å². The molecule has 0 aromatic carbocycles. The van der Waals surface area contributed by atoms with E-state index >= 15 is 0 Å². The minimum atomic E-state index is 0.339. The van der Waals surface area contributed by atoms with Crippen molar-refractivity contribution in [2.24, 2.45) is 5.92 Å². The van der Waals surface area contributed by atoms with Crippen LogP contribution in [0.2, 0.25) is 0 Å². The smallest absolute Gasteiger partial charge is 0.0655 e. The van der Waals surface area contributed by atoms with Gasteiger partial charge in [0.25, 0.3) is 0 Å². The molecule has 0 amide bonds. The van der Waals surface area contributed by atoms with Crippen molar-refractivity contribution in [1.82, 2.24) is 4.90 Å². The van der Waals surface area contributed by atoms with Crippen molar-refractivity contribution in [3.05, 3.63) is 0 Å². The third kappa shape index (κ3) is 2.20. The molecule has 0 heterocycles. The molecule has 0 atom stereocenters. The van der Waals surface area contributed by atoms with Crippen LogP contribution < -0.4 is 0 Å². The summed E-state index contributed by atoms with van der Waals surface area (Å²) in [6.07, 6.45) is 4.59. The lowest BCUT2D eigenvalue weighted by atomic mass is 9.86. The van der Waals surface area contributed by atoms with Gasteiger partial charge in [0.1, 0.15) is 0 Å². The number of nitriles is 1. The minimum Gasteiger partial charge on any atom is -0.306 e. The molecule has 1 fully saturated rings. The van der Waals surface area contributed by atoms with E-state index < -0.39 is 0 Å².